The Balaban J connectivity index is 1.50. The molecule has 0 bridgehead atoms. The minimum Gasteiger partial charge on any atom is -0.352 e. The molecule has 216 valence electrons. The molecular formula is C35H43N3O2S. The van der Waals surface area contributed by atoms with Crippen LogP contribution in [0.25, 0.3) is 6.08 Å². The zero-order valence-corrected chi connectivity index (χ0v) is 25.5. The van der Waals surface area contributed by atoms with Crippen molar-refractivity contribution >= 4 is 35.3 Å². The van der Waals surface area contributed by atoms with Crippen molar-refractivity contribution in [1.82, 2.24) is 10.2 Å². The summed E-state index contributed by atoms with van der Waals surface area (Å²) in [5.41, 5.74) is 4.56. The van der Waals surface area contributed by atoms with Gasteiger partial charge in [0.2, 0.25) is 0 Å². The van der Waals surface area contributed by atoms with Crippen LogP contribution >= 0.6 is 11.8 Å². The molecule has 0 unspecified atom stereocenters. The quantitative estimate of drug-likeness (QED) is 0.160. The van der Waals surface area contributed by atoms with Crippen molar-refractivity contribution in [3.05, 3.63) is 100.0 Å². The van der Waals surface area contributed by atoms with Gasteiger partial charge in [-0.3, -0.25) is 9.59 Å². The Hall–Kier alpha value is -3.35. The van der Waals surface area contributed by atoms with Crippen LogP contribution in [0.15, 0.2) is 82.6 Å². The summed E-state index contributed by atoms with van der Waals surface area (Å²) in [5.74, 6) is -0.148. The molecule has 2 amide bonds. The first-order chi connectivity index (χ1) is 20.0. The first-order valence-electron chi connectivity index (χ1n) is 14.9. The minimum absolute atomic E-state index is 0.0512. The van der Waals surface area contributed by atoms with E-state index >= 15 is 0 Å². The van der Waals surface area contributed by atoms with Crippen molar-refractivity contribution < 1.29 is 9.59 Å². The zero-order valence-electron chi connectivity index (χ0n) is 24.7. The first kappa shape index (κ1) is 30.6. The van der Waals surface area contributed by atoms with E-state index in [1.165, 1.54) is 37.4 Å². The number of aryl methyl sites for hydroxylation is 1. The normalized spacial score (nSPS) is 14.0. The van der Waals surface area contributed by atoms with Gasteiger partial charge in [0.25, 0.3) is 11.8 Å². The fourth-order valence-electron chi connectivity index (χ4n) is 5.01. The highest BCUT2D eigenvalue weighted by atomic mass is 32.2. The Bertz CT molecular complexity index is 1330. The molecule has 3 aromatic carbocycles. The standard InChI is InChI=1S/C35H43N3O2S/c1-4-6-20-37(21-7-5-2)22-12-19-36-34(39)30-17-18-32-31(25-30)38(26-29-16-11-13-27(3)23-29)35(40)33(41-32)24-28-14-9-8-10-15-28/h8-11,13-18,23-25H,4-7,12,19-22,26H2,1-3H3,(H,36,39). The Morgan fingerprint density at radius 3 is 2.34 bits per heavy atom. The van der Waals surface area contributed by atoms with E-state index < -0.39 is 0 Å². The topological polar surface area (TPSA) is 52.7 Å². The van der Waals surface area contributed by atoms with E-state index in [1.54, 1.807) is 0 Å². The van der Waals surface area contributed by atoms with Gasteiger partial charge in [0, 0.05) is 17.0 Å². The van der Waals surface area contributed by atoms with Gasteiger partial charge < -0.3 is 15.1 Å². The summed E-state index contributed by atoms with van der Waals surface area (Å²) in [6.07, 6.45) is 7.69. The van der Waals surface area contributed by atoms with E-state index in [2.05, 4.69) is 43.1 Å². The summed E-state index contributed by atoms with van der Waals surface area (Å²) in [6, 6.07) is 23.9. The van der Waals surface area contributed by atoms with E-state index in [0.717, 1.165) is 53.3 Å². The Kier molecular flexibility index (Phi) is 11.6. The second-order valence-corrected chi connectivity index (χ2v) is 11.8. The maximum Gasteiger partial charge on any atom is 0.265 e. The largest absolute Gasteiger partial charge is 0.352 e. The van der Waals surface area contributed by atoms with Gasteiger partial charge in [0.05, 0.1) is 17.1 Å². The van der Waals surface area contributed by atoms with Crippen molar-refractivity contribution in [2.75, 3.05) is 31.1 Å². The summed E-state index contributed by atoms with van der Waals surface area (Å²) < 4.78 is 0. The van der Waals surface area contributed by atoms with Crippen LogP contribution in [0.3, 0.4) is 0 Å². The maximum atomic E-state index is 13.8. The van der Waals surface area contributed by atoms with Crippen molar-refractivity contribution in [3.8, 4) is 0 Å². The molecule has 0 radical (unpaired) electrons. The van der Waals surface area contributed by atoms with Gasteiger partial charge in [0.1, 0.15) is 0 Å². The fourth-order valence-corrected chi connectivity index (χ4v) is 6.05. The van der Waals surface area contributed by atoms with E-state index in [9.17, 15) is 9.59 Å². The van der Waals surface area contributed by atoms with Gasteiger partial charge in [-0.25, -0.2) is 0 Å². The molecule has 0 fully saturated rings. The SMILES string of the molecule is CCCCN(CCCC)CCCNC(=O)c1ccc2c(c1)N(Cc1cccc(C)c1)C(=O)C(=Cc1ccccc1)S2. The van der Waals surface area contributed by atoms with Crippen LogP contribution in [0.2, 0.25) is 0 Å². The zero-order chi connectivity index (χ0) is 29.0. The Labute approximate surface area is 250 Å². The number of amides is 2. The lowest BCUT2D eigenvalue weighted by atomic mass is 10.1. The van der Waals surface area contributed by atoms with Crippen LogP contribution in [-0.4, -0.2) is 42.9 Å². The number of nitrogens with one attached hydrogen (secondary N) is 1. The third-order valence-electron chi connectivity index (χ3n) is 7.30. The highest BCUT2D eigenvalue weighted by molar-refractivity contribution is 8.04. The van der Waals surface area contributed by atoms with Gasteiger partial charge in [-0.15, -0.1) is 0 Å². The number of carbonyl (C=O) groups excluding carboxylic acids is 2. The van der Waals surface area contributed by atoms with Crippen LogP contribution in [0, 0.1) is 6.92 Å². The molecule has 3 aromatic rings. The fraction of sp³-hybridized carbons (Fsp3) is 0.371. The lowest BCUT2D eigenvalue weighted by Crippen LogP contribution is -2.34. The molecule has 0 aliphatic carbocycles. The molecule has 5 nitrogen and oxygen atoms in total. The molecule has 4 rings (SSSR count). The maximum absolute atomic E-state index is 13.8. The van der Waals surface area contributed by atoms with E-state index in [-0.39, 0.29) is 11.8 Å². The summed E-state index contributed by atoms with van der Waals surface area (Å²) in [6.45, 7) is 10.8. The van der Waals surface area contributed by atoms with E-state index in [0.29, 0.717) is 23.6 Å². The molecule has 0 saturated carbocycles. The second-order valence-electron chi connectivity index (χ2n) is 10.7. The molecule has 6 heteroatoms. The molecule has 1 heterocycles. The number of fused-ring (bicyclic) bond motifs is 1. The average molecular weight is 570 g/mol. The van der Waals surface area contributed by atoms with Crippen LogP contribution in [-0.2, 0) is 11.3 Å². The summed E-state index contributed by atoms with van der Waals surface area (Å²) >= 11 is 1.47. The van der Waals surface area contributed by atoms with Crippen molar-refractivity contribution in [2.24, 2.45) is 0 Å². The molecule has 41 heavy (non-hydrogen) atoms. The number of anilines is 1. The number of benzene rings is 3. The summed E-state index contributed by atoms with van der Waals surface area (Å²) in [4.78, 5) is 33.0. The number of rotatable bonds is 14. The predicted molar refractivity (Wildman–Crippen MR) is 172 cm³/mol. The Morgan fingerprint density at radius 2 is 1.63 bits per heavy atom. The highest BCUT2D eigenvalue weighted by Gasteiger charge is 2.30. The number of carbonyl (C=O) groups is 2. The van der Waals surface area contributed by atoms with Crippen molar-refractivity contribution in [2.45, 2.75) is 64.3 Å². The number of hydrogen-bond donors (Lipinski definition) is 1. The van der Waals surface area contributed by atoms with E-state index in [1.807, 2.05) is 71.6 Å². The summed E-state index contributed by atoms with van der Waals surface area (Å²) in [7, 11) is 0. The minimum atomic E-state index is -0.0972. The van der Waals surface area contributed by atoms with Gasteiger partial charge in [-0.1, -0.05) is 98.6 Å². The third kappa shape index (κ3) is 8.82. The number of unbranched alkanes of at least 4 members (excludes halogenated alkanes) is 2. The van der Waals surface area contributed by atoms with Gasteiger partial charge in [-0.2, -0.15) is 0 Å². The lowest BCUT2D eigenvalue weighted by Gasteiger charge is -2.31. The predicted octanol–water partition coefficient (Wildman–Crippen LogP) is 7.70. The molecule has 0 atom stereocenters. The molecule has 1 aliphatic rings. The monoisotopic (exact) mass is 569 g/mol. The molecule has 1 aliphatic heterocycles. The number of hydrogen-bond acceptors (Lipinski definition) is 4. The Morgan fingerprint density at radius 1 is 0.902 bits per heavy atom. The van der Waals surface area contributed by atoms with Crippen LogP contribution in [0.4, 0.5) is 5.69 Å². The van der Waals surface area contributed by atoms with E-state index in [4.69, 9.17) is 0 Å². The molecular weight excluding hydrogens is 526 g/mol. The van der Waals surface area contributed by atoms with Gasteiger partial charge >= 0.3 is 0 Å². The second kappa shape index (κ2) is 15.6. The van der Waals surface area contributed by atoms with Gasteiger partial charge in [0.15, 0.2) is 0 Å². The smallest absolute Gasteiger partial charge is 0.265 e. The molecule has 1 N–H and O–H groups in total. The molecule has 0 spiro atoms. The van der Waals surface area contributed by atoms with Crippen molar-refractivity contribution in [1.29, 1.82) is 0 Å². The van der Waals surface area contributed by atoms with Crippen LogP contribution < -0.4 is 10.2 Å². The van der Waals surface area contributed by atoms with Crippen LogP contribution in [0.5, 0.6) is 0 Å². The van der Waals surface area contributed by atoms with Crippen molar-refractivity contribution in [3.63, 3.8) is 0 Å². The highest BCUT2D eigenvalue weighted by Crippen LogP contribution is 2.43. The molecule has 0 saturated heterocycles. The molecule has 0 aromatic heterocycles. The summed E-state index contributed by atoms with van der Waals surface area (Å²) in [5, 5.41) is 3.11. The lowest BCUT2D eigenvalue weighted by molar-refractivity contribution is -0.114. The van der Waals surface area contributed by atoms with Crippen LogP contribution in [0.1, 0.15) is 73.0 Å². The first-order valence-corrected chi connectivity index (χ1v) is 15.8. The average Bonchev–Trinajstić information content (AvgIpc) is 2.98. The third-order valence-corrected chi connectivity index (χ3v) is 8.38. The number of nitrogens with zero attached hydrogens (tertiary/aromatic N) is 2. The van der Waals surface area contributed by atoms with Gasteiger partial charge in [-0.05, 0) is 81.2 Å². The number of thioether (sulfide) groups is 1.